The number of thioether (sulfide) groups is 1. The van der Waals surface area contributed by atoms with Crippen LogP contribution in [0.15, 0.2) is 54.9 Å². The molecule has 1 aromatic heterocycles. The van der Waals surface area contributed by atoms with Gasteiger partial charge in [0.25, 0.3) is 0 Å². The third-order valence-corrected chi connectivity index (χ3v) is 4.93. The summed E-state index contributed by atoms with van der Waals surface area (Å²) >= 11 is 8.79. The van der Waals surface area contributed by atoms with E-state index in [0.29, 0.717) is 0 Å². The van der Waals surface area contributed by atoms with Crippen LogP contribution in [0.3, 0.4) is 0 Å². The molecule has 0 fully saturated rings. The van der Waals surface area contributed by atoms with Gasteiger partial charge >= 0.3 is 0 Å². The van der Waals surface area contributed by atoms with Gasteiger partial charge < -0.3 is 9.73 Å². The molecule has 0 radical (unpaired) electrons. The molecule has 1 N–H and O–H groups in total. The molecule has 1 heterocycles. The molecule has 1 unspecified atom stereocenters. The number of hydrogen-bond donors (Lipinski definition) is 1. The highest BCUT2D eigenvalue weighted by Crippen LogP contribution is 2.30. The minimum atomic E-state index is 0.211. The third-order valence-electron chi connectivity index (χ3n) is 2.64. The average molecular weight is 405 g/mol. The smallest absolute Gasteiger partial charge is 0.135 e. The molecular weight excluding hydrogens is 390 g/mol. The molecule has 0 amide bonds. The van der Waals surface area contributed by atoms with Crippen molar-refractivity contribution in [2.75, 3.05) is 12.3 Å². The third kappa shape index (κ3) is 4.38. The van der Waals surface area contributed by atoms with Crippen LogP contribution < -0.4 is 5.32 Å². The monoisotopic (exact) mass is 403 g/mol. The van der Waals surface area contributed by atoms with E-state index in [9.17, 15) is 0 Å². The van der Waals surface area contributed by atoms with Gasteiger partial charge in [-0.2, -0.15) is 0 Å². The molecule has 0 aliphatic carbocycles. The Bertz CT molecular complexity index is 512. The van der Waals surface area contributed by atoms with Gasteiger partial charge in [-0.15, -0.1) is 11.8 Å². The highest BCUT2D eigenvalue weighted by molar-refractivity contribution is 9.10. The van der Waals surface area contributed by atoms with Crippen molar-refractivity contribution in [1.29, 1.82) is 0 Å². The Morgan fingerprint density at radius 2 is 1.95 bits per heavy atom. The van der Waals surface area contributed by atoms with E-state index in [1.54, 1.807) is 6.26 Å². The van der Waals surface area contributed by atoms with E-state index in [-0.39, 0.29) is 6.04 Å². The summed E-state index contributed by atoms with van der Waals surface area (Å²) in [7, 11) is 0. The van der Waals surface area contributed by atoms with Gasteiger partial charge in [0.05, 0.1) is 16.8 Å². The lowest BCUT2D eigenvalue weighted by atomic mass is 10.2. The molecule has 0 spiro atoms. The van der Waals surface area contributed by atoms with Crippen LogP contribution in [0.1, 0.15) is 18.7 Å². The van der Waals surface area contributed by atoms with Gasteiger partial charge in [0.15, 0.2) is 0 Å². The lowest BCUT2D eigenvalue weighted by Gasteiger charge is -2.15. The summed E-state index contributed by atoms with van der Waals surface area (Å²) in [5.41, 5.74) is 0. The normalized spacial score (nSPS) is 12.6. The molecule has 1 atom stereocenters. The summed E-state index contributed by atoms with van der Waals surface area (Å²) < 4.78 is 7.68. The summed E-state index contributed by atoms with van der Waals surface area (Å²) in [5, 5.41) is 3.45. The van der Waals surface area contributed by atoms with Gasteiger partial charge in [0, 0.05) is 15.1 Å². The molecule has 0 saturated carbocycles. The van der Waals surface area contributed by atoms with Gasteiger partial charge in [0.1, 0.15) is 5.76 Å². The van der Waals surface area contributed by atoms with Crippen LogP contribution >= 0.6 is 43.6 Å². The van der Waals surface area contributed by atoms with Gasteiger partial charge in [-0.1, -0.05) is 22.9 Å². The maximum atomic E-state index is 5.56. The molecule has 2 nitrogen and oxygen atoms in total. The second-order valence-electron chi connectivity index (χ2n) is 4.01. The summed E-state index contributed by atoms with van der Waals surface area (Å²) in [6.07, 6.45) is 1.72. The molecule has 0 aliphatic heterocycles. The van der Waals surface area contributed by atoms with Crippen molar-refractivity contribution in [3.63, 3.8) is 0 Å². The van der Waals surface area contributed by atoms with E-state index in [0.717, 1.165) is 27.0 Å². The van der Waals surface area contributed by atoms with Gasteiger partial charge in [-0.3, -0.25) is 0 Å². The van der Waals surface area contributed by atoms with Crippen LogP contribution in [-0.2, 0) is 0 Å². The van der Waals surface area contributed by atoms with E-state index >= 15 is 0 Å². The SMILES string of the molecule is CCNC(CSc1ccc(Br)cc1)c1occc1Br. The molecule has 5 heteroatoms. The van der Waals surface area contributed by atoms with Gasteiger partial charge in [-0.05, 0) is 52.8 Å². The fraction of sp³-hybridized carbons (Fsp3) is 0.286. The van der Waals surface area contributed by atoms with E-state index in [2.05, 4.69) is 68.4 Å². The Kier molecular flexibility index (Phi) is 6.01. The number of hydrogen-bond acceptors (Lipinski definition) is 3. The summed E-state index contributed by atoms with van der Waals surface area (Å²) in [4.78, 5) is 1.26. The largest absolute Gasteiger partial charge is 0.466 e. The average Bonchev–Trinajstić information content (AvgIpc) is 2.83. The number of rotatable bonds is 6. The van der Waals surface area contributed by atoms with Crippen LogP contribution in [0.5, 0.6) is 0 Å². The molecule has 102 valence electrons. The Morgan fingerprint density at radius 1 is 1.21 bits per heavy atom. The van der Waals surface area contributed by atoms with Gasteiger partial charge in [-0.25, -0.2) is 0 Å². The summed E-state index contributed by atoms with van der Waals surface area (Å²) in [6.45, 7) is 3.02. The highest BCUT2D eigenvalue weighted by atomic mass is 79.9. The van der Waals surface area contributed by atoms with E-state index < -0.39 is 0 Å². The first-order chi connectivity index (χ1) is 9.20. The van der Waals surface area contributed by atoms with Crippen molar-refractivity contribution in [3.8, 4) is 0 Å². The van der Waals surface area contributed by atoms with Crippen molar-refractivity contribution in [2.45, 2.75) is 17.9 Å². The van der Waals surface area contributed by atoms with Crippen molar-refractivity contribution < 1.29 is 4.42 Å². The number of halogens is 2. The predicted molar refractivity (Wildman–Crippen MR) is 87.7 cm³/mol. The van der Waals surface area contributed by atoms with E-state index in [1.165, 1.54) is 4.90 Å². The van der Waals surface area contributed by atoms with E-state index in [1.807, 2.05) is 17.8 Å². The molecular formula is C14H15Br2NOS. The molecule has 0 aliphatic rings. The zero-order chi connectivity index (χ0) is 13.7. The molecule has 2 aromatic rings. The van der Waals surface area contributed by atoms with Crippen molar-refractivity contribution in [2.24, 2.45) is 0 Å². The number of benzene rings is 1. The fourth-order valence-corrected chi connectivity index (χ4v) is 3.44. The van der Waals surface area contributed by atoms with Crippen LogP contribution in [-0.4, -0.2) is 12.3 Å². The van der Waals surface area contributed by atoms with Gasteiger partial charge in [0.2, 0.25) is 0 Å². The Labute approximate surface area is 134 Å². The number of furan rings is 1. The first-order valence-electron chi connectivity index (χ1n) is 6.05. The maximum absolute atomic E-state index is 5.56. The van der Waals surface area contributed by atoms with Crippen molar-refractivity contribution >= 4 is 43.6 Å². The Hall–Kier alpha value is -0.230. The van der Waals surface area contributed by atoms with Crippen molar-refractivity contribution in [3.05, 3.63) is 51.3 Å². The maximum Gasteiger partial charge on any atom is 0.135 e. The first-order valence-corrected chi connectivity index (χ1v) is 8.62. The quantitative estimate of drug-likeness (QED) is 0.665. The lowest BCUT2D eigenvalue weighted by molar-refractivity contribution is 0.438. The fourth-order valence-electron chi connectivity index (χ4n) is 1.74. The minimum Gasteiger partial charge on any atom is -0.466 e. The summed E-state index contributed by atoms with van der Waals surface area (Å²) in [5.74, 6) is 1.90. The van der Waals surface area contributed by atoms with E-state index in [4.69, 9.17) is 4.42 Å². The Balaban J connectivity index is 2.01. The second kappa shape index (κ2) is 7.53. The highest BCUT2D eigenvalue weighted by Gasteiger charge is 2.17. The van der Waals surface area contributed by atoms with Crippen LogP contribution in [0, 0.1) is 0 Å². The molecule has 0 saturated heterocycles. The standard InChI is InChI=1S/C14H15Br2NOS/c1-2-17-13(14-12(16)7-8-18-14)9-19-11-5-3-10(15)4-6-11/h3-8,13,17H,2,9H2,1H3. The van der Waals surface area contributed by atoms with Crippen LogP contribution in [0.4, 0.5) is 0 Å². The molecule has 19 heavy (non-hydrogen) atoms. The van der Waals surface area contributed by atoms with Crippen LogP contribution in [0.25, 0.3) is 0 Å². The predicted octanol–water partition coefficient (Wildman–Crippen LogP) is 5.25. The Morgan fingerprint density at radius 3 is 2.53 bits per heavy atom. The topological polar surface area (TPSA) is 25.2 Å². The van der Waals surface area contributed by atoms with Crippen molar-refractivity contribution in [1.82, 2.24) is 5.32 Å². The minimum absolute atomic E-state index is 0.211. The zero-order valence-electron chi connectivity index (χ0n) is 10.5. The first kappa shape index (κ1) is 15.2. The van der Waals surface area contributed by atoms with Crippen LogP contribution in [0.2, 0.25) is 0 Å². The number of nitrogens with one attached hydrogen (secondary N) is 1. The molecule has 1 aromatic carbocycles. The zero-order valence-corrected chi connectivity index (χ0v) is 14.5. The lowest BCUT2D eigenvalue weighted by Crippen LogP contribution is -2.22. The molecule has 0 bridgehead atoms. The molecule has 2 rings (SSSR count). The summed E-state index contributed by atoms with van der Waals surface area (Å²) in [6, 6.07) is 10.5. The second-order valence-corrected chi connectivity index (χ2v) is 6.87.